The van der Waals surface area contributed by atoms with E-state index in [0.717, 1.165) is 17.4 Å². The average Bonchev–Trinajstić information content (AvgIpc) is 2.75. The van der Waals surface area contributed by atoms with Gasteiger partial charge >= 0.3 is 5.97 Å². The van der Waals surface area contributed by atoms with Gasteiger partial charge in [-0.1, -0.05) is 13.0 Å². The van der Waals surface area contributed by atoms with Crippen LogP contribution < -0.4 is 5.32 Å². The first-order chi connectivity index (χ1) is 9.52. The molecule has 0 aliphatic heterocycles. The number of aliphatic carboxylic acids is 1. The van der Waals surface area contributed by atoms with E-state index in [2.05, 4.69) is 12.2 Å². The number of furan rings is 1. The molecule has 0 atom stereocenters. The molecule has 1 amide bonds. The summed E-state index contributed by atoms with van der Waals surface area (Å²) in [5, 5.41) is 12.0. The van der Waals surface area contributed by atoms with E-state index in [1.165, 1.54) is 5.56 Å². The van der Waals surface area contributed by atoms with Crippen LogP contribution in [0.2, 0.25) is 0 Å². The molecule has 0 fully saturated rings. The highest BCUT2D eigenvalue weighted by Gasteiger charge is 2.17. The van der Waals surface area contributed by atoms with Gasteiger partial charge in [0.25, 0.3) is 5.91 Å². The van der Waals surface area contributed by atoms with Crippen molar-refractivity contribution >= 4 is 22.8 Å². The van der Waals surface area contributed by atoms with Crippen molar-refractivity contribution in [1.82, 2.24) is 5.32 Å². The Bertz CT molecular complexity index is 657. The topological polar surface area (TPSA) is 79.5 Å². The van der Waals surface area contributed by atoms with Crippen molar-refractivity contribution in [2.75, 3.05) is 6.54 Å². The van der Waals surface area contributed by atoms with E-state index in [0.29, 0.717) is 5.58 Å². The highest BCUT2D eigenvalue weighted by molar-refractivity contribution is 5.99. The third kappa shape index (κ3) is 2.82. The Hall–Kier alpha value is -2.30. The minimum absolute atomic E-state index is 0.0882. The highest BCUT2D eigenvalue weighted by atomic mass is 16.4. The SMILES string of the molecule is CCc1ccc2oc(C(=O)NCCC(=O)O)c(C)c2c1. The van der Waals surface area contributed by atoms with Crippen LogP contribution in [0.1, 0.15) is 35.0 Å². The number of aryl methyl sites for hydroxylation is 2. The molecule has 2 aromatic rings. The van der Waals surface area contributed by atoms with Gasteiger partial charge in [-0.25, -0.2) is 0 Å². The molecule has 1 aromatic carbocycles. The number of carbonyl (C=O) groups excluding carboxylic acids is 1. The fourth-order valence-electron chi connectivity index (χ4n) is 2.07. The van der Waals surface area contributed by atoms with Crippen molar-refractivity contribution in [2.24, 2.45) is 0 Å². The van der Waals surface area contributed by atoms with Gasteiger partial charge in [-0.15, -0.1) is 0 Å². The molecule has 0 spiro atoms. The number of carboxylic acid groups (broad SMARTS) is 1. The van der Waals surface area contributed by atoms with E-state index in [-0.39, 0.29) is 24.6 Å². The van der Waals surface area contributed by atoms with E-state index in [9.17, 15) is 9.59 Å². The number of hydrogen-bond donors (Lipinski definition) is 2. The molecule has 0 aliphatic rings. The molecule has 1 aromatic heterocycles. The molecule has 106 valence electrons. The summed E-state index contributed by atoms with van der Waals surface area (Å²) in [5.74, 6) is -1.07. The van der Waals surface area contributed by atoms with E-state index >= 15 is 0 Å². The third-order valence-electron chi connectivity index (χ3n) is 3.24. The second-order valence-corrected chi connectivity index (χ2v) is 4.64. The van der Waals surface area contributed by atoms with E-state index in [1.807, 2.05) is 25.1 Å². The fourth-order valence-corrected chi connectivity index (χ4v) is 2.07. The number of amides is 1. The standard InChI is InChI=1S/C15H17NO4/c1-3-10-4-5-12-11(8-10)9(2)14(20-12)15(19)16-7-6-13(17)18/h4-5,8H,3,6-7H2,1-2H3,(H,16,19)(H,17,18). The Kier molecular flexibility index (Phi) is 4.08. The molecular formula is C15H17NO4. The van der Waals surface area contributed by atoms with Crippen molar-refractivity contribution in [3.63, 3.8) is 0 Å². The Morgan fingerprint density at radius 1 is 1.35 bits per heavy atom. The normalized spacial score (nSPS) is 10.7. The highest BCUT2D eigenvalue weighted by Crippen LogP contribution is 2.26. The van der Waals surface area contributed by atoms with Crippen LogP contribution in [0.3, 0.4) is 0 Å². The average molecular weight is 275 g/mol. The van der Waals surface area contributed by atoms with Crippen LogP contribution in [0.15, 0.2) is 22.6 Å². The summed E-state index contributed by atoms with van der Waals surface area (Å²) < 4.78 is 5.56. The third-order valence-corrected chi connectivity index (χ3v) is 3.24. The smallest absolute Gasteiger partial charge is 0.305 e. The molecule has 0 bridgehead atoms. The summed E-state index contributed by atoms with van der Waals surface area (Å²) in [5.41, 5.74) is 2.63. The quantitative estimate of drug-likeness (QED) is 0.878. The van der Waals surface area contributed by atoms with Crippen LogP contribution in [0.4, 0.5) is 0 Å². The molecule has 20 heavy (non-hydrogen) atoms. The molecule has 0 unspecified atom stereocenters. The van der Waals surface area contributed by atoms with Crippen molar-refractivity contribution in [1.29, 1.82) is 0 Å². The summed E-state index contributed by atoms with van der Waals surface area (Å²) >= 11 is 0. The van der Waals surface area contributed by atoms with E-state index < -0.39 is 5.97 Å². The van der Waals surface area contributed by atoms with Crippen LogP contribution in [0.5, 0.6) is 0 Å². The van der Waals surface area contributed by atoms with Crippen molar-refractivity contribution in [3.8, 4) is 0 Å². The maximum absolute atomic E-state index is 12.0. The Labute approximate surface area is 116 Å². The molecule has 0 aliphatic carbocycles. The first-order valence-electron chi connectivity index (χ1n) is 6.55. The summed E-state index contributed by atoms with van der Waals surface area (Å²) in [6.45, 7) is 3.98. The number of nitrogens with one attached hydrogen (secondary N) is 1. The molecular weight excluding hydrogens is 258 g/mol. The Morgan fingerprint density at radius 2 is 2.10 bits per heavy atom. The van der Waals surface area contributed by atoms with Gasteiger partial charge in [0, 0.05) is 17.5 Å². The first kappa shape index (κ1) is 14.1. The van der Waals surface area contributed by atoms with Gasteiger partial charge < -0.3 is 14.8 Å². The molecule has 5 heteroatoms. The summed E-state index contributed by atoms with van der Waals surface area (Å²) in [7, 11) is 0. The number of hydrogen-bond acceptors (Lipinski definition) is 3. The molecule has 0 saturated carbocycles. The summed E-state index contributed by atoms with van der Waals surface area (Å²) in [6.07, 6.45) is 0.811. The van der Waals surface area contributed by atoms with Gasteiger partial charge in [-0.2, -0.15) is 0 Å². The first-order valence-corrected chi connectivity index (χ1v) is 6.55. The predicted octanol–water partition coefficient (Wildman–Crippen LogP) is 2.51. The molecule has 0 saturated heterocycles. The lowest BCUT2D eigenvalue weighted by atomic mass is 10.1. The number of carbonyl (C=O) groups is 2. The number of carboxylic acids is 1. The summed E-state index contributed by atoms with van der Waals surface area (Å²) in [4.78, 5) is 22.4. The lowest BCUT2D eigenvalue weighted by Gasteiger charge is -2.01. The fraction of sp³-hybridized carbons (Fsp3) is 0.333. The number of benzene rings is 1. The maximum Gasteiger partial charge on any atom is 0.305 e. The van der Waals surface area contributed by atoms with Crippen molar-refractivity contribution < 1.29 is 19.1 Å². The zero-order chi connectivity index (χ0) is 14.7. The number of rotatable bonds is 5. The van der Waals surface area contributed by atoms with Gasteiger partial charge in [-0.3, -0.25) is 9.59 Å². The predicted molar refractivity (Wildman–Crippen MR) is 74.9 cm³/mol. The van der Waals surface area contributed by atoms with Gasteiger partial charge in [-0.05, 0) is 31.0 Å². The van der Waals surface area contributed by atoms with Crippen molar-refractivity contribution in [2.45, 2.75) is 26.7 Å². The van der Waals surface area contributed by atoms with Gasteiger partial charge in [0.15, 0.2) is 5.76 Å². The monoisotopic (exact) mass is 275 g/mol. The van der Waals surface area contributed by atoms with Crippen LogP contribution in [-0.4, -0.2) is 23.5 Å². The molecule has 2 N–H and O–H groups in total. The minimum atomic E-state index is -0.945. The van der Waals surface area contributed by atoms with E-state index in [4.69, 9.17) is 9.52 Å². The van der Waals surface area contributed by atoms with Crippen molar-refractivity contribution in [3.05, 3.63) is 35.1 Å². The molecule has 1 heterocycles. The van der Waals surface area contributed by atoms with Crippen LogP contribution >= 0.6 is 0 Å². The van der Waals surface area contributed by atoms with E-state index in [1.54, 1.807) is 0 Å². The van der Waals surface area contributed by atoms with Crippen LogP contribution in [0.25, 0.3) is 11.0 Å². The maximum atomic E-state index is 12.0. The zero-order valence-electron chi connectivity index (χ0n) is 11.5. The van der Waals surface area contributed by atoms with Crippen LogP contribution in [-0.2, 0) is 11.2 Å². The van der Waals surface area contributed by atoms with Gasteiger partial charge in [0.1, 0.15) is 5.58 Å². The van der Waals surface area contributed by atoms with Gasteiger partial charge in [0.2, 0.25) is 0 Å². The Morgan fingerprint density at radius 3 is 2.75 bits per heavy atom. The second kappa shape index (κ2) is 5.77. The van der Waals surface area contributed by atoms with Crippen LogP contribution in [0, 0.1) is 6.92 Å². The lowest BCUT2D eigenvalue weighted by molar-refractivity contribution is -0.136. The molecule has 0 radical (unpaired) electrons. The molecule has 5 nitrogen and oxygen atoms in total. The Balaban J connectivity index is 2.23. The van der Waals surface area contributed by atoms with Gasteiger partial charge in [0.05, 0.1) is 6.42 Å². The largest absolute Gasteiger partial charge is 0.481 e. The zero-order valence-corrected chi connectivity index (χ0v) is 11.5. The number of fused-ring (bicyclic) bond motifs is 1. The summed E-state index contributed by atoms with van der Waals surface area (Å²) in [6, 6.07) is 5.84. The lowest BCUT2D eigenvalue weighted by Crippen LogP contribution is -2.26. The minimum Gasteiger partial charge on any atom is -0.481 e. The molecule has 2 rings (SSSR count). The second-order valence-electron chi connectivity index (χ2n) is 4.64.